The summed E-state index contributed by atoms with van der Waals surface area (Å²) in [5.41, 5.74) is 5.96. The summed E-state index contributed by atoms with van der Waals surface area (Å²) >= 11 is 11.9. The number of anilines is 1. The van der Waals surface area contributed by atoms with Crippen LogP contribution in [0.5, 0.6) is 0 Å². The number of benzene rings is 1. The van der Waals surface area contributed by atoms with E-state index in [9.17, 15) is 4.79 Å². The Labute approximate surface area is 130 Å². The van der Waals surface area contributed by atoms with Crippen LogP contribution in [-0.2, 0) is 4.79 Å². The van der Waals surface area contributed by atoms with E-state index < -0.39 is 0 Å². The standard InChI is InChI=1S/C13H12Cl2N4O2/c14-9-3-8(4-10(15)5-9)12-17-13(18-21-12)19-2-1-7(6-19)11(16)20/h3-5,7H,1-2,6H2,(H2,16,20). The number of nitrogens with zero attached hydrogens (tertiary/aromatic N) is 3. The van der Waals surface area contributed by atoms with Gasteiger partial charge >= 0.3 is 0 Å². The SMILES string of the molecule is NC(=O)C1CCN(c2noc(-c3cc(Cl)cc(Cl)c3)n2)C1. The summed E-state index contributed by atoms with van der Waals surface area (Å²) in [7, 11) is 0. The Morgan fingerprint density at radius 2 is 2.05 bits per heavy atom. The Balaban J connectivity index is 1.82. The van der Waals surface area contributed by atoms with Gasteiger partial charge in [0, 0.05) is 28.7 Å². The smallest absolute Gasteiger partial charge is 0.266 e. The summed E-state index contributed by atoms with van der Waals surface area (Å²) in [6.07, 6.45) is 0.697. The summed E-state index contributed by atoms with van der Waals surface area (Å²) in [6, 6.07) is 5.02. The van der Waals surface area contributed by atoms with Crippen LogP contribution in [0.3, 0.4) is 0 Å². The van der Waals surface area contributed by atoms with Crippen molar-refractivity contribution in [2.75, 3.05) is 18.0 Å². The summed E-state index contributed by atoms with van der Waals surface area (Å²) in [4.78, 5) is 17.4. The molecule has 1 saturated heterocycles. The highest BCUT2D eigenvalue weighted by Crippen LogP contribution is 2.28. The molecule has 6 nitrogen and oxygen atoms in total. The third kappa shape index (κ3) is 2.96. The molecule has 2 N–H and O–H groups in total. The summed E-state index contributed by atoms with van der Waals surface area (Å²) < 4.78 is 5.23. The molecule has 1 aliphatic heterocycles. The van der Waals surface area contributed by atoms with Crippen LogP contribution in [0, 0.1) is 5.92 Å². The molecule has 3 rings (SSSR count). The predicted octanol–water partition coefficient (Wildman–Crippen LogP) is 2.36. The normalized spacial score (nSPS) is 18.2. The molecular formula is C13H12Cl2N4O2. The van der Waals surface area contributed by atoms with E-state index in [2.05, 4.69) is 10.1 Å². The number of aromatic nitrogens is 2. The highest BCUT2D eigenvalue weighted by atomic mass is 35.5. The molecule has 1 unspecified atom stereocenters. The molecular weight excluding hydrogens is 315 g/mol. The molecule has 0 saturated carbocycles. The van der Waals surface area contributed by atoms with Gasteiger partial charge in [-0.1, -0.05) is 23.2 Å². The summed E-state index contributed by atoms with van der Waals surface area (Å²) in [5.74, 6) is 0.289. The average Bonchev–Trinajstić information content (AvgIpc) is 3.07. The van der Waals surface area contributed by atoms with Gasteiger partial charge in [-0.05, 0) is 29.8 Å². The van der Waals surface area contributed by atoms with Gasteiger partial charge in [0.05, 0.1) is 5.92 Å². The van der Waals surface area contributed by atoms with Crippen molar-refractivity contribution in [2.24, 2.45) is 11.7 Å². The fraction of sp³-hybridized carbons (Fsp3) is 0.308. The lowest BCUT2D eigenvalue weighted by Gasteiger charge is -2.11. The van der Waals surface area contributed by atoms with E-state index in [0.717, 1.165) is 0 Å². The topological polar surface area (TPSA) is 85.3 Å². The molecule has 1 aromatic carbocycles. The predicted molar refractivity (Wildman–Crippen MR) is 79.3 cm³/mol. The van der Waals surface area contributed by atoms with Crippen LogP contribution >= 0.6 is 23.2 Å². The number of nitrogens with two attached hydrogens (primary N) is 1. The molecule has 1 fully saturated rings. The number of primary amides is 1. The third-order valence-corrected chi connectivity index (χ3v) is 3.83. The zero-order valence-corrected chi connectivity index (χ0v) is 12.4. The Kier molecular flexibility index (Phi) is 3.73. The zero-order valence-electron chi connectivity index (χ0n) is 10.9. The van der Waals surface area contributed by atoms with Crippen molar-refractivity contribution in [3.63, 3.8) is 0 Å². The second kappa shape index (κ2) is 5.54. The molecule has 0 radical (unpaired) electrons. The van der Waals surface area contributed by atoms with Gasteiger partial charge in [0.1, 0.15) is 0 Å². The molecule has 0 bridgehead atoms. The maximum atomic E-state index is 11.2. The zero-order chi connectivity index (χ0) is 15.0. The number of halogens is 2. The van der Waals surface area contributed by atoms with E-state index in [0.29, 0.717) is 47.0 Å². The Morgan fingerprint density at radius 1 is 1.33 bits per heavy atom. The second-order valence-electron chi connectivity index (χ2n) is 4.89. The van der Waals surface area contributed by atoms with Crippen LogP contribution in [0.2, 0.25) is 10.0 Å². The molecule has 110 valence electrons. The molecule has 2 aromatic rings. The van der Waals surface area contributed by atoms with E-state index in [1.807, 2.05) is 4.90 Å². The highest BCUT2D eigenvalue weighted by molar-refractivity contribution is 6.35. The van der Waals surface area contributed by atoms with Crippen molar-refractivity contribution in [3.05, 3.63) is 28.2 Å². The van der Waals surface area contributed by atoms with Crippen LogP contribution in [0.25, 0.3) is 11.5 Å². The van der Waals surface area contributed by atoms with E-state index in [-0.39, 0.29) is 11.8 Å². The molecule has 1 amide bonds. The first-order valence-corrected chi connectivity index (χ1v) is 7.13. The largest absolute Gasteiger partial charge is 0.369 e. The first-order chi connectivity index (χ1) is 10.0. The van der Waals surface area contributed by atoms with Crippen molar-refractivity contribution in [1.29, 1.82) is 0 Å². The average molecular weight is 327 g/mol. The van der Waals surface area contributed by atoms with Crippen molar-refractivity contribution >= 4 is 35.1 Å². The van der Waals surface area contributed by atoms with Gasteiger partial charge in [-0.15, -0.1) is 0 Å². The molecule has 8 heteroatoms. The van der Waals surface area contributed by atoms with Crippen molar-refractivity contribution in [2.45, 2.75) is 6.42 Å². The molecule has 1 aromatic heterocycles. The first kappa shape index (κ1) is 14.2. The maximum absolute atomic E-state index is 11.2. The van der Waals surface area contributed by atoms with Crippen LogP contribution in [0.15, 0.2) is 22.7 Å². The van der Waals surface area contributed by atoms with Gasteiger partial charge in [0.15, 0.2) is 0 Å². The molecule has 2 heterocycles. The molecule has 21 heavy (non-hydrogen) atoms. The number of rotatable bonds is 3. The molecule has 0 spiro atoms. The van der Waals surface area contributed by atoms with Crippen molar-refractivity contribution < 1.29 is 9.32 Å². The highest BCUT2D eigenvalue weighted by Gasteiger charge is 2.29. The Hall–Kier alpha value is -1.79. The van der Waals surface area contributed by atoms with Gasteiger partial charge in [0.2, 0.25) is 5.91 Å². The quantitative estimate of drug-likeness (QED) is 0.935. The van der Waals surface area contributed by atoms with Crippen LogP contribution < -0.4 is 10.6 Å². The van der Waals surface area contributed by atoms with Crippen LogP contribution in [0.1, 0.15) is 6.42 Å². The lowest BCUT2D eigenvalue weighted by atomic mass is 10.1. The molecule has 1 atom stereocenters. The lowest BCUT2D eigenvalue weighted by Crippen LogP contribution is -2.27. The fourth-order valence-electron chi connectivity index (χ4n) is 2.31. The van der Waals surface area contributed by atoms with E-state index >= 15 is 0 Å². The van der Waals surface area contributed by atoms with E-state index in [4.69, 9.17) is 33.5 Å². The monoisotopic (exact) mass is 326 g/mol. The number of carbonyl (C=O) groups is 1. The maximum Gasteiger partial charge on any atom is 0.266 e. The first-order valence-electron chi connectivity index (χ1n) is 6.37. The van der Waals surface area contributed by atoms with Gasteiger partial charge < -0.3 is 15.2 Å². The van der Waals surface area contributed by atoms with Crippen LogP contribution in [0.4, 0.5) is 5.95 Å². The van der Waals surface area contributed by atoms with Gasteiger partial charge in [-0.3, -0.25) is 4.79 Å². The van der Waals surface area contributed by atoms with Gasteiger partial charge in [0.25, 0.3) is 11.8 Å². The third-order valence-electron chi connectivity index (χ3n) is 3.40. The number of carbonyl (C=O) groups excluding carboxylic acids is 1. The fourth-order valence-corrected chi connectivity index (χ4v) is 2.84. The van der Waals surface area contributed by atoms with E-state index in [1.165, 1.54) is 0 Å². The Morgan fingerprint density at radius 3 is 2.67 bits per heavy atom. The Bertz CT molecular complexity index is 668. The minimum atomic E-state index is -0.303. The van der Waals surface area contributed by atoms with Crippen LogP contribution in [-0.4, -0.2) is 29.1 Å². The molecule has 1 aliphatic rings. The van der Waals surface area contributed by atoms with Gasteiger partial charge in [-0.2, -0.15) is 4.98 Å². The van der Waals surface area contributed by atoms with E-state index in [1.54, 1.807) is 18.2 Å². The number of hydrogen-bond donors (Lipinski definition) is 1. The van der Waals surface area contributed by atoms with Crippen molar-refractivity contribution in [1.82, 2.24) is 10.1 Å². The summed E-state index contributed by atoms with van der Waals surface area (Å²) in [5, 5.41) is 4.91. The number of amides is 1. The van der Waals surface area contributed by atoms with Gasteiger partial charge in [-0.25, -0.2) is 0 Å². The minimum Gasteiger partial charge on any atom is -0.369 e. The second-order valence-corrected chi connectivity index (χ2v) is 5.76. The van der Waals surface area contributed by atoms with Crippen molar-refractivity contribution in [3.8, 4) is 11.5 Å². The summed E-state index contributed by atoms with van der Waals surface area (Å²) in [6.45, 7) is 1.17. The number of hydrogen-bond acceptors (Lipinski definition) is 5. The molecule has 0 aliphatic carbocycles. The lowest BCUT2D eigenvalue weighted by molar-refractivity contribution is -0.121. The minimum absolute atomic E-state index is 0.174.